The second kappa shape index (κ2) is 7.42. The fourth-order valence-electron chi connectivity index (χ4n) is 4.59. The smallest absolute Gasteiger partial charge is 0.238 e. The van der Waals surface area contributed by atoms with Crippen LogP contribution in [-0.4, -0.2) is 42.5 Å². The second-order valence-corrected chi connectivity index (χ2v) is 7.56. The highest BCUT2D eigenvalue weighted by Gasteiger charge is 2.35. The summed E-state index contributed by atoms with van der Waals surface area (Å²) in [5.41, 5.74) is 3.81. The summed E-state index contributed by atoms with van der Waals surface area (Å²) < 4.78 is 0. The molecule has 132 valence electrons. The van der Waals surface area contributed by atoms with Gasteiger partial charge in [-0.1, -0.05) is 6.07 Å². The van der Waals surface area contributed by atoms with Gasteiger partial charge in [0.05, 0.1) is 6.54 Å². The first kappa shape index (κ1) is 17.7. The minimum atomic E-state index is 0. The first-order valence-electron chi connectivity index (χ1n) is 9.05. The number of anilines is 1. The Morgan fingerprint density at radius 2 is 1.92 bits per heavy atom. The molecule has 1 aromatic rings. The van der Waals surface area contributed by atoms with Gasteiger partial charge in [0.25, 0.3) is 0 Å². The molecule has 2 N–H and O–H groups in total. The van der Waals surface area contributed by atoms with Crippen molar-refractivity contribution in [3.05, 3.63) is 29.3 Å². The lowest BCUT2D eigenvalue weighted by atomic mass is 9.98. The average Bonchev–Trinajstić information content (AvgIpc) is 3.12. The Morgan fingerprint density at radius 1 is 1.21 bits per heavy atom. The van der Waals surface area contributed by atoms with Gasteiger partial charge in [0, 0.05) is 23.8 Å². The van der Waals surface area contributed by atoms with Gasteiger partial charge in [-0.3, -0.25) is 9.69 Å². The molecule has 0 spiro atoms. The van der Waals surface area contributed by atoms with E-state index < -0.39 is 0 Å². The number of aryl methyl sites for hydroxylation is 2. The van der Waals surface area contributed by atoms with E-state index in [1.54, 1.807) is 0 Å². The van der Waals surface area contributed by atoms with Crippen molar-refractivity contribution in [2.24, 2.45) is 0 Å². The van der Waals surface area contributed by atoms with Crippen LogP contribution in [0, 0.1) is 0 Å². The number of likely N-dealkylation sites (N-methyl/N-ethyl adjacent to an activating group) is 1. The summed E-state index contributed by atoms with van der Waals surface area (Å²) in [5.74, 6) is 0.108. The van der Waals surface area contributed by atoms with E-state index in [0.29, 0.717) is 24.7 Å². The number of carbonyl (C=O) groups excluding carboxylic acids is 1. The third kappa shape index (κ3) is 3.76. The van der Waals surface area contributed by atoms with E-state index in [1.165, 1.54) is 49.7 Å². The first-order chi connectivity index (χ1) is 11.2. The predicted octanol–water partition coefficient (Wildman–Crippen LogP) is 2.75. The summed E-state index contributed by atoms with van der Waals surface area (Å²) >= 11 is 0. The van der Waals surface area contributed by atoms with Crippen LogP contribution in [0.3, 0.4) is 0 Å². The maximum atomic E-state index is 12.4. The number of carbonyl (C=O) groups is 1. The molecule has 5 heteroatoms. The third-order valence-corrected chi connectivity index (χ3v) is 5.85. The summed E-state index contributed by atoms with van der Waals surface area (Å²) in [6.45, 7) is 0.487. The minimum Gasteiger partial charge on any atom is -0.325 e. The van der Waals surface area contributed by atoms with Crippen molar-refractivity contribution in [1.82, 2.24) is 10.2 Å². The fraction of sp³-hybridized carbons (Fsp3) is 0.632. The van der Waals surface area contributed by atoms with E-state index in [4.69, 9.17) is 0 Å². The van der Waals surface area contributed by atoms with E-state index in [2.05, 4.69) is 34.7 Å². The van der Waals surface area contributed by atoms with Crippen LogP contribution in [0.25, 0.3) is 0 Å². The van der Waals surface area contributed by atoms with Gasteiger partial charge in [-0.05, 0) is 75.3 Å². The van der Waals surface area contributed by atoms with Gasteiger partial charge < -0.3 is 10.6 Å². The van der Waals surface area contributed by atoms with Crippen molar-refractivity contribution in [2.75, 3.05) is 18.9 Å². The predicted molar refractivity (Wildman–Crippen MR) is 99.9 cm³/mol. The molecule has 0 aromatic heterocycles. The fourth-order valence-corrected chi connectivity index (χ4v) is 4.59. The van der Waals surface area contributed by atoms with Crippen LogP contribution in [0.2, 0.25) is 0 Å². The highest BCUT2D eigenvalue weighted by molar-refractivity contribution is 5.92. The normalized spacial score (nSPS) is 27.7. The number of nitrogens with one attached hydrogen (secondary N) is 2. The Labute approximate surface area is 150 Å². The number of hydrogen-bond donors (Lipinski definition) is 2. The van der Waals surface area contributed by atoms with Gasteiger partial charge in [-0.2, -0.15) is 0 Å². The van der Waals surface area contributed by atoms with Gasteiger partial charge in [-0.15, -0.1) is 12.4 Å². The zero-order valence-corrected chi connectivity index (χ0v) is 15.2. The van der Waals surface area contributed by atoms with Crippen molar-refractivity contribution in [1.29, 1.82) is 0 Å². The molecule has 1 amide bonds. The minimum absolute atomic E-state index is 0. The molecule has 0 saturated carbocycles. The maximum absolute atomic E-state index is 12.4. The van der Waals surface area contributed by atoms with E-state index in [9.17, 15) is 4.79 Å². The van der Waals surface area contributed by atoms with Crippen molar-refractivity contribution >= 4 is 24.0 Å². The molecule has 24 heavy (non-hydrogen) atoms. The number of rotatable bonds is 4. The van der Waals surface area contributed by atoms with Crippen LogP contribution in [0.4, 0.5) is 5.69 Å². The molecule has 4 rings (SSSR count). The molecular formula is C19H28ClN3O. The molecule has 0 radical (unpaired) electrons. The van der Waals surface area contributed by atoms with Gasteiger partial charge >= 0.3 is 0 Å². The summed E-state index contributed by atoms with van der Waals surface area (Å²) in [5, 5.41) is 6.75. The average molecular weight is 350 g/mol. The van der Waals surface area contributed by atoms with E-state index in [0.717, 1.165) is 12.1 Å². The molecule has 2 unspecified atom stereocenters. The van der Waals surface area contributed by atoms with Gasteiger partial charge in [0.1, 0.15) is 0 Å². The molecular weight excluding hydrogens is 322 g/mol. The summed E-state index contributed by atoms with van der Waals surface area (Å²) in [6, 6.07) is 8.26. The van der Waals surface area contributed by atoms with E-state index in [1.807, 2.05) is 6.07 Å². The number of nitrogens with zero attached hydrogens (tertiary/aromatic N) is 1. The maximum Gasteiger partial charge on any atom is 0.238 e. The van der Waals surface area contributed by atoms with Gasteiger partial charge in [-0.25, -0.2) is 0 Å². The lowest BCUT2D eigenvalue weighted by Gasteiger charge is -2.35. The molecule has 3 aliphatic rings. The van der Waals surface area contributed by atoms with E-state index >= 15 is 0 Å². The molecule has 1 aromatic carbocycles. The summed E-state index contributed by atoms with van der Waals surface area (Å²) in [4.78, 5) is 14.6. The van der Waals surface area contributed by atoms with Gasteiger partial charge in [0.15, 0.2) is 0 Å². The van der Waals surface area contributed by atoms with Crippen LogP contribution < -0.4 is 10.6 Å². The summed E-state index contributed by atoms with van der Waals surface area (Å²) in [7, 11) is 2.09. The first-order valence-corrected chi connectivity index (χ1v) is 9.05. The van der Waals surface area contributed by atoms with Crippen LogP contribution in [0.15, 0.2) is 18.2 Å². The molecule has 2 heterocycles. The number of amides is 1. The Hall–Kier alpha value is -1.10. The zero-order chi connectivity index (χ0) is 15.8. The Kier molecular flexibility index (Phi) is 5.48. The second-order valence-electron chi connectivity index (χ2n) is 7.56. The van der Waals surface area contributed by atoms with Crippen molar-refractivity contribution < 1.29 is 4.79 Å². The van der Waals surface area contributed by atoms with Crippen LogP contribution in [0.5, 0.6) is 0 Å². The van der Waals surface area contributed by atoms with Gasteiger partial charge in [0.2, 0.25) is 5.91 Å². The number of hydrogen-bond acceptors (Lipinski definition) is 3. The molecule has 2 bridgehead atoms. The standard InChI is InChI=1S/C19H27N3O.ClH/c1-22(18-10-16-7-8-17(11-18)20-16)12-19(23)21-15-6-5-13-3-2-4-14(13)9-15;/h5-6,9,16-18,20H,2-4,7-8,10-12H2,1H3,(H,21,23);1H. The Balaban J connectivity index is 0.00000169. The Morgan fingerprint density at radius 3 is 2.67 bits per heavy atom. The Bertz CT molecular complexity index is 594. The lowest BCUT2D eigenvalue weighted by Crippen LogP contribution is -2.48. The van der Waals surface area contributed by atoms with Crippen molar-refractivity contribution in [3.63, 3.8) is 0 Å². The highest BCUT2D eigenvalue weighted by atomic mass is 35.5. The van der Waals surface area contributed by atoms with Crippen LogP contribution >= 0.6 is 12.4 Å². The monoisotopic (exact) mass is 349 g/mol. The molecule has 4 nitrogen and oxygen atoms in total. The van der Waals surface area contributed by atoms with Crippen LogP contribution in [0.1, 0.15) is 43.2 Å². The topological polar surface area (TPSA) is 44.4 Å². The number of piperidine rings is 1. The number of fused-ring (bicyclic) bond motifs is 3. The molecule has 2 saturated heterocycles. The summed E-state index contributed by atoms with van der Waals surface area (Å²) in [6.07, 6.45) is 8.54. The van der Waals surface area contributed by atoms with Crippen molar-refractivity contribution in [2.45, 2.75) is 63.1 Å². The quantitative estimate of drug-likeness (QED) is 0.878. The van der Waals surface area contributed by atoms with E-state index in [-0.39, 0.29) is 18.3 Å². The van der Waals surface area contributed by atoms with Crippen LogP contribution in [-0.2, 0) is 17.6 Å². The zero-order valence-electron chi connectivity index (χ0n) is 14.4. The largest absolute Gasteiger partial charge is 0.325 e. The third-order valence-electron chi connectivity index (χ3n) is 5.85. The SMILES string of the molecule is CN(CC(=O)Nc1ccc2c(c1)CCC2)C1CC2CCC(C1)N2.Cl. The number of halogens is 1. The molecule has 1 aliphatic carbocycles. The molecule has 2 fully saturated rings. The van der Waals surface area contributed by atoms with Crippen molar-refractivity contribution in [3.8, 4) is 0 Å². The lowest BCUT2D eigenvalue weighted by molar-refractivity contribution is -0.117. The highest BCUT2D eigenvalue weighted by Crippen LogP contribution is 2.29. The number of benzene rings is 1. The molecule has 2 aliphatic heterocycles. The molecule has 2 atom stereocenters.